The molecule has 0 aromatic carbocycles. The van der Waals surface area contributed by atoms with Gasteiger partial charge in [-0.3, -0.25) is 4.79 Å². The molecule has 0 bridgehead atoms. The van der Waals surface area contributed by atoms with Gasteiger partial charge >= 0.3 is 18.0 Å². The quantitative estimate of drug-likeness (QED) is 0.462. The van der Waals surface area contributed by atoms with Crippen LogP contribution in [0.1, 0.15) is 33.1 Å². The van der Waals surface area contributed by atoms with Gasteiger partial charge in [-0.05, 0) is 33.7 Å². The molecule has 0 saturated carbocycles. The molecule has 0 aromatic rings. The van der Waals surface area contributed by atoms with E-state index in [0.717, 1.165) is 0 Å². The Bertz CT molecular complexity index is 360. The SMILES string of the molecule is CC(C)N(C)CCNC(=O)N[C@H](CCCC(=O)O)C(=O)O. The second kappa shape index (κ2) is 9.98. The minimum Gasteiger partial charge on any atom is -0.481 e. The number of nitrogens with zero attached hydrogens (tertiary/aromatic N) is 1. The van der Waals surface area contributed by atoms with Gasteiger partial charge in [0.05, 0.1) is 0 Å². The number of hydrogen-bond acceptors (Lipinski definition) is 4. The Balaban J connectivity index is 4.06. The third-order valence-corrected chi connectivity index (χ3v) is 3.12. The third kappa shape index (κ3) is 9.67. The van der Waals surface area contributed by atoms with Gasteiger partial charge in [-0.15, -0.1) is 0 Å². The van der Waals surface area contributed by atoms with Gasteiger partial charge in [0.15, 0.2) is 0 Å². The van der Waals surface area contributed by atoms with Gasteiger partial charge in [0, 0.05) is 25.6 Å². The zero-order valence-electron chi connectivity index (χ0n) is 12.8. The summed E-state index contributed by atoms with van der Waals surface area (Å²) in [6.07, 6.45) is 0.163. The second-order valence-corrected chi connectivity index (χ2v) is 5.15. The van der Waals surface area contributed by atoms with Crippen molar-refractivity contribution in [1.82, 2.24) is 15.5 Å². The van der Waals surface area contributed by atoms with E-state index in [1.165, 1.54) is 0 Å². The Morgan fingerprint density at radius 1 is 1.19 bits per heavy atom. The molecular weight excluding hydrogens is 278 g/mol. The van der Waals surface area contributed by atoms with Gasteiger partial charge in [-0.25, -0.2) is 9.59 Å². The van der Waals surface area contributed by atoms with Gasteiger partial charge < -0.3 is 25.7 Å². The van der Waals surface area contributed by atoms with E-state index in [2.05, 4.69) is 10.6 Å². The van der Waals surface area contributed by atoms with Crippen LogP contribution in [0.25, 0.3) is 0 Å². The normalized spacial score (nSPS) is 12.2. The Labute approximate surface area is 124 Å². The van der Waals surface area contributed by atoms with Crippen LogP contribution in [-0.2, 0) is 9.59 Å². The van der Waals surface area contributed by atoms with E-state index < -0.39 is 24.0 Å². The number of rotatable bonds is 10. The van der Waals surface area contributed by atoms with Crippen molar-refractivity contribution < 1.29 is 24.6 Å². The first-order chi connectivity index (χ1) is 9.73. The average molecular weight is 303 g/mol. The van der Waals surface area contributed by atoms with Crippen molar-refractivity contribution in [3.63, 3.8) is 0 Å². The minimum atomic E-state index is -1.17. The highest BCUT2D eigenvalue weighted by atomic mass is 16.4. The topological polar surface area (TPSA) is 119 Å². The van der Waals surface area contributed by atoms with E-state index in [-0.39, 0.29) is 19.3 Å². The molecule has 0 spiro atoms. The fraction of sp³-hybridized carbons (Fsp3) is 0.769. The molecular formula is C13H25N3O5. The number of carbonyl (C=O) groups excluding carboxylic acids is 1. The molecule has 0 unspecified atom stereocenters. The number of carbonyl (C=O) groups is 3. The highest BCUT2D eigenvalue weighted by molar-refractivity contribution is 5.82. The Hall–Kier alpha value is -1.83. The lowest BCUT2D eigenvalue weighted by Gasteiger charge is -2.21. The average Bonchev–Trinajstić information content (AvgIpc) is 2.36. The summed E-state index contributed by atoms with van der Waals surface area (Å²) in [5.74, 6) is -2.16. The van der Waals surface area contributed by atoms with Crippen LogP contribution < -0.4 is 10.6 Å². The standard InChI is InChI=1S/C13H25N3O5/c1-9(2)16(3)8-7-14-13(21)15-10(12(19)20)5-4-6-11(17)18/h9-10H,4-8H2,1-3H3,(H,17,18)(H,19,20)(H2,14,15,21)/t10-/m1/s1. The minimum absolute atomic E-state index is 0.0843. The maximum Gasteiger partial charge on any atom is 0.326 e. The van der Waals surface area contributed by atoms with Gasteiger partial charge in [-0.2, -0.15) is 0 Å². The molecule has 8 nitrogen and oxygen atoms in total. The van der Waals surface area contributed by atoms with Crippen LogP contribution >= 0.6 is 0 Å². The van der Waals surface area contributed by atoms with E-state index in [0.29, 0.717) is 19.1 Å². The third-order valence-electron chi connectivity index (χ3n) is 3.12. The molecule has 0 rings (SSSR count). The number of urea groups is 1. The molecule has 0 radical (unpaired) electrons. The van der Waals surface area contributed by atoms with E-state index >= 15 is 0 Å². The van der Waals surface area contributed by atoms with Gasteiger partial charge in [0.25, 0.3) is 0 Å². The molecule has 0 saturated heterocycles. The first-order valence-electron chi connectivity index (χ1n) is 6.93. The lowest BCUT2D eigenvalue weighted by Crippen LogP contribution is -2.47. The Kier molecular flexibility index (Phi) is 9.11. The lowest BCUT2D eigenvalue weighted by molar-refractivity contribution is -0.140. The molecule has 1 atom stereocenters. The number of nitrogens with one attached hydrogen (secondary N) is 2. The Morgan fingerprint density at radius 2 is 1.81 bits per heavy atom. The fourth-order valence-corrected chi connectivity index (χ4v) is 1.53. The highest BCUT2D eigenvalue weighted by Gasteiger charge is 2.19. The summed E-state index contributed by atoms with van der Waals surface area (Å²) < 4.78 is 0. The van der Waals surface area contributed by atoms with E-state index in [1.807, 2.05) is 25.8 Å². The molecule has 0 fully saturated rings. The molecule has 0 aliphatic rings. The van der Waals surface area contributed by atoms with Crippen LogP contribution in [0.2, 0.25) is 0 Å². The molecule has 2 amide bonds. The fourth-order valence-electron chi connectivity index (χ4n) is 1.53. The summed E-state index contributed by atoms with van der Waals surface area (Å²) in [5.41, 5.74) is 0. The number of likely N-dealkylation sites (N-methyl/N-ethyl adjacent to an activating group) is 1. The maximum absolute atomic E-state index is 11.6. The molecule has 0 aliphatic carbocycles. The highest BCUT2D eigenvalue weighted by Crippen LogP contribution is 2.01. The van der Waals surface area contributed by atoms with Crippen LogP contribution in [0.15, 0.2) is 0 Å². The maximum atomic E-state index is 11.6. The Morgan fingerprint density at radius 3 is 2.29 bits per heavy atom. The van der Waals surface area contributed by atoms with Crippen molar-refractivity contribution in [3.8, 4) is 0 Å². The predicted molar refractivity (Wildman–Crippen MR) is 77.2 cm³/mol. The van der Waals surface area contributed by atoms with Crippen LogP contribution in [0.4, 0.5) is 4.79 Å². The number of aliphatic carboxylic acids is 2. The summed E-state index contributed by atoms with van der Waals surface area (Å²) in [4.78, 5) is 35.0. The van der Waals surface area contributed by atoms with Crippen LogP contribution in [0.3, 0.4) is 0 Å². The number of hydrogen-bond donors (Lipinski definition) is 4. The summed E-state index contributed by atoms with van der Waals surface area (Å²) in [7, 11) is 1.93. The molecule has 8 heteroatoms. The number of carboxylic acids is 2. The van der Waals surface area contributed by atoms with E-state index in [9.17, 15) is 14.4 Å². The van der Waals surface area contributed by atoms with Crippen molar-refractivity contribution in [2.75, 3.05) is 20.1 Å². The van der Waals surface area contributed by atoms with Crippen LogP contribution in [0.5, 0.6) is 0 Å². The zero-order chi connectivity index (χ0) is 16.4. The molecule has 0 aliphatic heterocycles. The molecule has 122 valence electrons. The second-order valence-electron chi connectivity index (χ2n) is 5.15. The van der Waals surface area contributed by atoms with E-state index in [4.69, 9.17) is 10.2 Å². The first-order valence-corrected chi connectivity index (χ1v) is 6.93. The lowest BCUT2D eigenvalue weighted by atomic mass is 10.1. The summed E-state index contributed by atoms with van der Waals surface area (Å²) >= 11 is 0. The summed E-state index contributed by atoms with van der Waals surface area (Å²) in [5, 5.41) is 22.4. The zero-order valence-corrected chi connectivity index (χ0v) is 12.8. The predicted octanol–water partition coefficient (Wildman–Crippen LogP) is 0.334. The number of carboxylic acid groups (broad SMARTS) is 2. The van der Waals surface area contributed by atoms with Crippen molar-refractivity contribution in [2.24, 2.45) is 0 Å². The van der Waals surface area contributed by atoms with Crippen molar-refractivity contribution in [3.05, 3.63) is 0 Å². The number of amides is 2. The van der Waals surface area contributed by atoms with Crippen molar-refractivity contribution >= 4 is 18.0 Å². The molecule has 4 N–H and O–H groups in total. The monoisotopic (exact) mass is 303 g/mol. The first kappa shape index (κ1) is 19.2. The smallest absolute Gasteiger partial charge is 0.326 e. The summed E-state index contributed by atoms with van der Waals surface area (Å²) in [6, 6.07) is -1.28. The van der Waals surface area contributed by atoms with Crippen molar-refractivity contribution in [1.29, 1.82) is 0 Å². The van der Waals surface area contributed by atoms with Crippen LogP contribution in [0, 0.1) is 0 Å². The van der Waals surface area contributed by atoms with Gasteiger partial charge in [0.2, 0.25) is 0 Å². The molecule has 0 heterocycles. The van der Waals surface area contributed by atoms with Crippen LogP contribution in [-0.4, -0.2) is 65.3 Å². The van der Waals surface area contributed by atoms with Gasteiger partial charge in [-0.1, -0.05) is 0 Å². The van der Waals surface area contributed by atoms with Crippen molar-refractivity contribution in [2.45, 2.75) is 45.2 Å². The largest absolute Gasteiger partial charge is 0.481 e. The summed E-state index contributed by atoms with van der Waals surface area (Å²) in [6.45, 7) is 5.12. The molecule has 21 heavy (non-hydrogen) atoms. The van der Waals surface area contributed by atoms with Gasteiger partial charge in [0.1, 0.15) is 6.04 Å². The molecule has 0 aromatic heterocycles. The van der Waals surface area contributed by atoms with E-state index in [1.54, 1.807) is 0 Å².